The van der Waals surface area contributed by atoms with Crippen LogP contribution in [0.4, 0.5) is 0 Å². The maximum Gasteiger partial charge on any atom is 0.381 e. The van der Waals surface area contributed by atoms with E-state index in [-0.39, 0.29) is 5.69 Å². The van der Waals surface area contributed by atoms with Crippen LogP contribution < -0.4 is 5.69 Å². The molecule has 0 radical (unpaired) electrons. The summed E-state index contributed by atoms with van der Waals surface area (Å²) in [6.45, 7) is 0. The molecule has 1 fully saturated rings. The highest BCUT2D eigenvalue weighted by Crippen LogP contribution is 2.34. The zero-order valence-electron chi connectivity index (χ0n) is 7.15. The minimum absolute atomic E-state index is 0.0265. The number of rotatable bonds is 1. The van der Waals surface area contributed by atoms with E-state index in [0.29, 0.717) is 27.3 Å². The molecule has 1 aromatic heterocycles. The molecule has 0 saturated heterocycles. The standard InChI is InChI=1S/C6H9N3OS.Al.2H/c1-8-5(10)7-6(11)9(8)4-2-3-4;;;/h4H,2-3H2,1H3,(H,7,10,11);;;/q;+1;;/p-1. The molecule has 0 aromatic carbocycles. The summed E-state index contributed by atoms with van der Waals surface area (Å²) in [5.41, 5.74) is 0.0265. The molecule has 0 aliphatic heterocycles. The topological polar surface area (TPSA) is 31.9 Å². The van der Waals surface area contributed by atoms with Crippen LogP contribution in [-0.2, 0) is 7.05 Å². The molecule has 12 heavy (non-hydrogen) atoms. The van der Waals surface area contributed by atoms with Crippen molar-refractivity contribution in [3.8, 4) is 0 Å². The van der Waals surface area contributed by atoms with Crippen LogP contribution in [0.3, 0.4) is 0 Å². The molecule has 0 N–H and O–H groups in total. The Bertz CT molecular complexity index is 425. The van der Waals surface area contributed by atoms with Gasteiger partial charge in [0.05, 0.1) is 6.04 Å². The molecule has 1 saturated carbocycles. The summed E-state index contributed by atoms with van der Waals surface area (Å²) in [5.74, 6) is 0. The van der Waals surface area contributed by atoms with Gasteiger partial charge in [0.25, 0.3) is 0 Å². The van der Waals surface area contributed by atoms with E-state index in [2.05, 4.69) is 0 Å². The van der Waals surface area contributed by atoms with E-state index >= 15 is 0 Å². The first kappa shape index (κ1) is 8.30. The van der Waals surface area contributed by atoms with Crippen molar-refractivity contribution in [2.75, 3.05) is 0 Å². The summed E-state index contributed by atoms with van der Waals surface area (Å²) >= 11 is 5.84. The van der Waals surface area contributed by atoms with E-state index in [1.54, 1.807) is 15.3 Å². The summed E-state index contributed by atoms with van der Waals surface area (Å²) in [6, 6.07) is 0.491. The first-order valence-corrected chi connectivity index (χ1v) is 5.27. The van der Waals surface area contributed by atoms with Crippen molar-refractivity contribution < 1.29 is 0 Å². The minimum Gasteiger partial charge on any atom is -0.372 e. The second-order valence-corrected chi connectivity index (χ2v) is 4.48. The molecule has 1 aromatic rings. The van der Waals surface area contributed by atoms with Gasteiger partial charge in [0, 0.05) is 7.05 Å². The molecule has 0 atom stereocenters. The Morgan fingerprint density at radius 1 is 1.58 bits per heavy atom. The maximum absolute atomic E-state index is 11.4. The van der Waals surface area contributed by atoms with E-state index in [1.807, 2.05) is 4.68 Å². The van der Waals surface area contributed by atoms with Crippen LogP contribution in [-0.4, -0.2) is 29.4 Å². The fourth-order valence-electron chi connectivity index (χ4n) is 1.39. The van der Waals surface area contributed by atoms with Crippen LogP contribution in [0.5, 0.6) is 0 Å². The molecule has 2 rings (SSSR count). The van der Waals surface area contributed by atoms with Gasteiger partial charge in [0.1, 0.15) is 0 Å². The first-order valence-electron chi connectivity index (χ1n) is 3.97. The fourth-order valence-corrected chi connectivity index (χ4v) is 2.24. The van der Waals surface area contributed by atoms with Gasteiger partial charge in [0.2, 0.25) is 0 Å². The Balaban J connectivity index is 2.75. The summed E-state index contributed by atoms with van der Waals surface area (Å²) in [4.78, 5) is 11.4. The average Bonchev–Trinajstić information content (AvgIpc) is 2.82. The van der Waals surface area contributed by atoms with Crippen molar-refractivity contribution in [2.24, 2.45) is 7.05 Å². The molecule has 4 nitrogen and oxygen atoms in total. The van der Waals surface area contributed by atoms with Gasteiger partial charge >= 0.3 is 22.2 Å². The maximum atomic E-state index is 11.4. The van der Waals surface area contributed by atoms with Gasteiger partial charge in [-0.1, -0.05) is 0 Å². The number of aromatic nitrogens is 3. The molecule has 0 amide bonds. The molecule has 1 heterocycles. The predicted octanol–water partition coefficient (Wildman–Crippen LogP) is -0.551. The van der Waals surface area contributed by atoms with E-state index in [9.17, 15) is 4.79 Å². The van der Waals surface area contributed by atoms with Crippen molar-refractivity contribution in [1.29, 1.82) is 0 Å². The summed E-state index contributed by atoms with van der Waals surface area (Å²) in [6.07, 6.45) is 2.32. The SMILES string of the molecule is Cn1c(=O)[n]([AlH2])c(=S)n1C1CC1. The van der Waals surface area contributed by atoms with Crippen LogP contribution in [0.15, 0.2) is 4.79 Å². The largest absolute Gasteiger partial charge is 0.381 e. The molecule has 0 unspecified atom stereocenters. The highest BCUT2D eigenvalue weighted by Gasteiger charge is 2.27. The van der Waals surface area contributed by atoms with Gasteiger partial charge in [-0.15, -0.1) is 0 Å². The number of hydrogen-bond acceptors (Lipinski definition) is 2. The van der Waals surface area contributed by atoms with Gasteiger partial charge < -0.3 is 3.55 Å². The molecule has 0 bridgehead atoms. The molecule has 1 aliphatic carbocycles. The second kappa shape index (κ2) is 2.59. The van der Waals surface area contributed by atoms with E-state index in [0.717, 1.165) is 12.8 Å². The van der Waals surface area contributed by atoms with E-state index in [1.165, 1.54) is 0 Å². The molecule has 6 heteroatoms. The third-order valence-electron chi connectivity index (χ3n) is 2.26. The second-order valence-electron chi connectivity index (χ2n) is 3.22. The van der Waals surface area contributed by atoms with Crippen LogP contribution in [0, 0.1) is 4.77 Å². The monoisotopic (exact) mass is 199 g/mol. The predicted molar refractivity (Wildman–Crippen MR) is 50.7 cm³/mol. The zero-order chi connectivity index (χ0) is 8.88. The molecular formula is C6H10AlN3OS. The Labute approximate surface area is 83.0 Å². The summed E-state index contributed by atoms with van der Waals surface area (Å²) < 4.78 is 5.90. The Morgan fingerprint density at radius 2 is 2.17 bits per heavy atom. The van der Waals surface area contributed by atoms with Crippen LogP contribution >= 0.6 is 12.2 Å². The van der Waals surface area contributed by atoms with E-state index in [4.69, 9.17) is 12.2 Å². The fraction of sp³-hybridized carbons (Fsp3) is 0.667. The summed E-state index contributed by atoms with van der Waals surface area (Å²) in [5, 5.41) is 0. The van der Waals surface area contributed by atoms with Crippen molar-refractivity contribution in [3.05, 3.63) is 15.3 Å². The van der Waals surface area contributed by atoms with Crippen LogP contribution in [0.1, 0.15) is 18.9 Å². The average molecular weight is 199 g/mol. The number of nitrogens with zero attached hydrogens (tertiary/aromatic N) is 3. The van der Waals surface area contributed by atoms with Crippen molar-refractivity contribution in [1.82, 2.24) is 12.9 Å². The van der Waals surface area contributed by atoms with Crippen LogP contribution in [0.2, 0.25) is 0 Å². The van der Waals surface area contributed by atoms with Crippen LogP contribution in [0.25, 0.3) is 0 Å². The molecular weight excluding hydrogens is 189 g/mol. The number of hydrogen-bond donors (Lipinski definition) is 0. The quantitative estimate of drug-likeness (QED) is 0.449. The van der Waals surface area contributed by atoms with Gasteiger partial charge in [0.15, 0.2) is 4.77 Å². The molecule has 1 aliphatic rings. The lowest BCUT2D eigenvalue weighted by molar-refractivity contribution is 0.505. The van der Waals surface area contributed by atoms with Gasteiger partial charge in [-0.3, -0.25) is 4.68 Å². The third kappa shape index (κ3) is 1.03. The van der Waals surface area contributed by atoms with Crippen molar-refractivity contribution >= 4 is 28.7 Å². The Kier molecular flexibility index (Phi) is 1.79. The Morgan fingerprint density at radius 3 is 2.50 bits per heavy atom. The normalized spacial score (nSPS) is 16.8. The highest BCUT2D eigenvalue weighted by molar-refractivity contribution is 7.71. The van der Waals surface area contributed by atoms with Crippen molar-refractivity contribution in [3.63, 3.8) is 0 Å². The van der Waals surface area contributed by atoms with Gasteiger partial charge in [-0.05, 0) is 25.1 Å². The summed E-state index contributed by atoms with van der Waals surface area (Å²) in [7, 11) is 1.78. The van der Waals surface area contributed by atoms with Crippen molar-refractivity contribution in [2.45, 2.75) is 18.9 Å². The Hall–Kier alpha value is -0.308. The first-order chi connectivity index (χ1) is 5.63. The molecule has 64 valence electrons. The lowest BCUT2D eigenvalue weighted by Crippen LogP contribution is -2.23. The third-order valence-corrected chi connectivity index (χ3v) is 3.85. The van der Waals surface area contributed by atoms with Gasteiger partial charge in [-0.2, -0.15) is 0 Å². The molecule has 0 spiro atoms. The van der Waals surface area contributed by atoms with E-state index < -0.39 is 0 Å². The van der Waals surface area contributed by atoms with Gasteiger partial charge in [-0.25, -0.2) is 9.48 Å². The lowest BCUT2D eigenvalue weighted by atomic mass is 10.7. The zero-order valence-corrected chi connectivity index (χ0v) is 9.97. The minimum atomic E-state index is 0.0265. The lowest BCUT2D eigenvalue weighted by Gasteiger charge is -2.01. The highest BCUT2D eigenvalue weighted by atomic mass is 32.1. The smallest absolute Gasteiger partial charge is 0.372 e.